The molecule has 3 rings (SSSR count). The number of amides is 1. The van der Waals surface area contributed by atoms with E-state index < -0.39 is 4.92 Å². The van der Waals surface area contributed by atoms with Crippen LogP contribution in [0.1, 0.15) is 21.5 Å². The first-order chi connectivity index (χ1) is 13.6. The molecule has 0 spiro atoms. The molecule has 0 heterocycles. The number of rotatable bonds is 7. The first-order valence-electron chi connectivity index (χ1n) is 8.46. The molecule has 1 N–H and O–H groups in total. The van der Waals surface area contributed by atoms with Crippen molar-refractivity contribution in [1.82, 2.24) is 5.43 Å². The highest BCUT2D eigenvalue weighted by Crippen LogP contribution is 2.14. The Morgan fingerprint density at radius 2 is 1.68 bits per heavy atom. The second kappa shape index (κ2) is 9.09. The lowest BCUT2D eigenvalue weighted by Crippen LogP contribution is -2.17. The number of nitro groups is 1. The summed E-state index contributed by atoms with van der Waals surface area (Å²) in [7, 11) is 0. The van der Waals surface area contributed by atoms with Crippen LogP contribution in [0.15, 0.2) is 84.0 Å². The van der Waals surface area contributed by atoms with Gasteiger partial charge in [-0.15, -0.1) is 0 Å². The zero-order valence-electron chi connectivity index (χ0n) is 14.8. The molecular formula is C21H17N3O4. The normalized spacial score (nSPS) is 10.6. The molecule has 7 nitrogen and oxygen atoms in total. The summed E-state index contributed by atoms with van der Waals surface area (Å²) in [6.45, 7) is 0.450. The predicted octanol–water partition coefficient (Wildman–Crippen LogP) is 3.94. The Morgan fingerprint density at radius 1 is 1.00 bits per heavy atom. The predicted molar refractivity (Wildman–Crippen MR) is 105 cm³/mol. The van der Waals surface area contributed by atoms with Crippen molar-refractivity contribution in [3.63, 3.8) is 0 Å². The molecule has 3 aromatic carbocycles. The topological polar surface area (TPSA) is 93.8 Å². The number of carbonyl (C=O) groups is 1. The fourth-order valence-electron chi connectivity index (χ4n) is 2.36. The minimum Gasteiger partial charge on any atom is -0.489 e. The second-order valence-corrected chi connectivity index (χ2v) is 5.85. The fourth-order valence-corrected chi connectivity index (χ4v) is 2.36. The molecule has 0 bridgehead atoms. The number of hydrazone groups is 1. The Balaban J connectivity index is 1.52. The van der Waals surface area contributed by atoms with Crippen LogP contribution in [0.3, 0.4) is 0 Å². The summed E-state index contributed by atoms with van der Waals surface area (Å²) < 4.78 is 5.68. The molecule has 0 aliphatic heterocycles. The van der Waals surface area contributed by atoms with Gasteiger partial charge in [0, 0.05) is 17.7 Å². The SMILES string of the molecule is O=C(N/N=C/c1ccc([N+](=O)[O-])cc1)c1ccc(OCc2ccccc2)cc1. The van der Waals surface area contributed by atoms with E-state index in [1.165, 1.54) is 18.3 Å². The van der Waals surface area contributed by atoms with Crippen molar-refractivity contribution in [1.29, 1.82) is 0 Å². The zero-order chi connectivity index (χ0) is 19.8. The van der Waals surface area contributed by atoms with E-state index in [-0.39, 0.29) is 11.6 Å². The van der Waals surface area contributed by atoms with Crippen molar-refractivity contribution in [2.75, 3.05) is 0 Å². The molecule has 0 atom stereocenters. The van der Waals surface area contributed by atoms with Gasteiger partial charge in [0.1, 0.15) is 12.4 Å². The van der Waals surface area contributed by atoms with E-state index in [0.29, 0.717) is 23.5 Å². The van der Waals surface area contributed by atoms with Gasteiger partial charge in [-0.05, 0) is 47.5 Å². The highest BCUT2D eigenvalue weighted by atomic mass is 16.6. The molecule has 0 aromatic heterocycles. The Morgan fingerprint density at radius 3 is 2.32 bits per heavy atom. The van der Waals surface area contributed by atoms with Crippen molar-refractivity contribution in [2.24, 2.45) is 5.10 Å². The fraction of sp³-hybridized carbons (Fsp3) is 0.0476. The summed E-state index contributed by atoms with van der Waals surface area (Å²) in [5.41, 5.74) is 4.55. The van der Waals surface area contributed by atoms with Crippen LogP contribution >= 0.6 is 0 Å². The zero-order valence-corrected chi connectivity index (χ0v) is 14.8. The molecule has 0 radical (unpaired) electrons. The summed E-state index contributed by atoms with van der Waals surface area (Å²) in [5, 5.41) is 14.5. The third-order valence-electron chi connectivity index (χ3n) is 3.85. The van der Waals surface area contributed by atoms with Crippen LogP contribution in [0.25, 0.3) is 0 Å². The standard InChI is InChI=1S/C21H17N3O4/c25-21(23-22-14-16-6-10-19(11-7-16)24(26)27)18-8-12-20(13-9-18)28-15-17-4-2-1-3-5-17/h1-14H,15H2,(H,23,25)/b22-14+. The lowest BCUT2D eigenvalue weighted by Gasteiger charge is -2.07. The number of non-ortho nitro benzene ring substituents is 1. The third kappa shape index (κ3) is 5.25. The summed E-state index contributed by atoms with van der Waals surface area (Å²) >= 11 is 0. The van der Waals surface area contributed by atoms with Crippen LogP contribution in [-0.4, -0.2) is 17.0 Å². The Hall–Kier alpha value is -4.00. The Labute approximate surface area is 161 Å². The number of ether oxygens (including phenoxy) is 1. The molecular weight excluding hydrogens is 358 g/mol. The van der Waals surface area contributed by atoms with Gasteiger partial charge in [0.2, 0.25) is 0 Å². The summed E-state index contributed by atoms with van der Waals surface area (Å²) in [4.78, 5) is 22.3. The summed E-state index contributed by atoms with van der Waals surface area (Å²) in [6.07, 6.45) is 1.42. The smallest absolute Gasteiger partial charge is 0.271 e. The molecule has 3 aromatic rings. The van der Waals surface area contributed by atoms with E-state index in [0.717, 1.165) is 5.56 Å². The molecule has 0 aliphatic rings. The van der Waals surface area contributed by atoms with Crippen LogP contribution in [0, 0.1) is 10.1 Å². The van der Waals surface area contributed by atoms with Crippen molar-refractivity contribution < 1.29 is 14.5 Å². The number of hydrogen-bond acceptors (Lipinski definition) is 5. The van der Waals surface area contributed by atoms with Gasteiger partial charge >= 0.3 is 0 Å². The maximum Gasteiger partial charge on any atom is 0.271 e. The molecule has 7 heteroatoms. The summed E-state index contributed by atoms with van der Waals surface area (Å²) in [6, 6.07) is 22.4. The molecule has 0 saturated heterocycles. The number of benzene rings is 3. The maximum absolute atomic E-state index is 12.1. The van der Waals surface area contributed by atoms with Crippen molar-refractivity contribution in [3.05, 3.63) is 106 Å². The van der Waals surface area contributed by atoms with Gasteiger partial charge in [0.25, 0.3) is 11.6 Å². The molecule has 0 unspecified atom stereocenters. The number of carbonyl (C=O) groups excluding carboxylic acids is 1. The van der Waals surface area contributed by atoms with Crippen molar-refractivity contribution >= 4 is 17.8 Å². The van der Waals surface area contributed by atoms with Crippen molar-refractivity contribution in [3.8, 4) is 5.75 Å². The highest BCUT2D eigenvalue weighted by Gasteiger charge is 2.05. The second-order valence-electron chi connectivity index (χ2n) is 5.85. The lowest BCUT2D eigenvalue weighted by atomic mass is 10.2. The molecule has 140 valence electrons. The van der Waals surface area contributed by atoms with E-state index in [4.69, 9.17) is 4.74 Å². The van der Waals surface area contributed by atoms with E-state index in [9.17, 15) is 14.9 Å². The third-order valence-corrected chi connectivity index (χ3v) is 3.85. The van der Waals surface area contributed by atoms with Gasteiger partial charge in [-0.2, -0.15) is 5.10 Å². The number of nitrogens with one attached hydrogen (secondary N) is 1. The molecule has 0 aliphatic carbocycles. The van der Waals surface area contributed by atoms with Crippen LogP contribution in [0.5, 0.6) is 5.75 Å². The largest absolute Gasteiger partial charge is 0.489 e. The number of nitrogens with zero attached hydrogens (tertiary/aromatic N) is 2. The summed E-state index contributed by atoms with van der Waals surface area (Å²) in [5.74, 6) is 0.294. The molecule has 28 heavy (non-hydrogen) atoms. The molecule has 0 fully saturated rings. The first-order valence-corrected chi connectivity index (χ1v) is 8.46. The maximum atomic E-state index is 12.1. The van der Waals surface area contributed by atoms with Crippen LogP contribution in [0.4, 0.5) is 5.69 Å². The quantitative estimate of drug-likeness (QED) is 0.384. The monoisotopic (exact) mass is 375 g/mol. The average molecular weight is 375 g/mol. The van der Waals surface area contributed by atoms with E-state index in [2.05, 4.69) is 10.5 Å². The first kappa shape index (κ1) is 18.8. The lowest BCUT2D eigenvalue weighted by molar-refractivity contribution is -0.384. The van der Waals surface area contributed by atoms with E-state index in [1.54, 1.807) is 36.4 Å². The molecule has 0 saturated carbocycles. The minimum absolute atomic E-state index is 0.00393. The average Bonchev–Trinajstić information content (AvgIpc) is 2.73. The van der Waals surface area contributed by atoms with E-state index in [1.807, 2.05) is 30.3 Å². The Bertz CT molecular complexity index is 969. The van der Waals surface area contributed by atoms with Gasteiger partial charge in [-0.3, -0.25) is 14.9 Å². The molecule has 1 amide bonds. The van der Waals surface area contributed by atoms with Crippen LogP contribution in [0.2, 0.25) is 0 Å². The van der Waals surface area contributed by atoms with Gasteiger partial charge < -0.3 is 4.74 Å². The van der Waals surface area contributed by atoms with Crippen LogP contribution < -0.4 is 10.2 Å². The van der Waals surface area contributed by atoms with Gasteiger partial charge in [-0.1, -0.05) is 30.3 Å². The van der Waals surface area contributed by atoms with Gasteiger partial charge in [0.15, 0.2) is 0 Å². The number of nitro benzene ring substituents is 1. The van der Waals surface area contributed by atoms with Crippen molar-refractivity contribution in [2.45, 2.75) is 6.61 Å². The van der Waals surface area contributed by atoms with Gasteiger partial charge in [-0.25, -0.2) is 5.43 Å². The highest BCUT2D eigenvalue weighted by molar-refractivity contribution is 5.95. The van der Waals surface area contributed by atoms with E-state index >= 15 is 0 Å². The van der Waals surface area contributed by atoms with Crippen LogP contribution in [-0.2, 0) is 6.61 Å². The minimum atomic E-state index is -0.476. The van der Waals surface area contributed by atoms with Gasteiger partial charge in [0.05, 0.1) is 11.1 Å². The Kier molecular flexibility index (Phi) is 6.10. The number of hydrogen-bond donors (Lipinski definition) is 1.